The van der Waals surface area contributed by atoms with Gasteiger partial charge in [0.2, 0.25) is 0 Å². The van der Waals surface area contributed by atoms with Gasteiger partial charge >= 0.3 is 0 Å². The van der Waals surface area contributed by atoms with E-state index in [1.54, 1.807) is 0 Å². The van der Waals surface area contributed by atoms with Gasteiger partial charge in [0.05, 0.1) is 6.61 Å². The highest BCUT2D eigenvalue weighted by Crippen LogP contribution is 2.20. The summed E-state index contributed by atoms with van der Waals surface area (Å²) in [6, 6.07) is 4.27. The van der Waals surface area contributed by atoms with E-state index in [9.17, 15) is 0 Å². The SMILES string of the molecule is NNC(Cc1ccc(Br)cn1)C1CCCOC1. The molecule has 5 heteroatoms. The van der Waals surface area contributed by atoms with Crippen LogP contribution in [0.25, 0.3) is 0 Å². The second-order valence-corrected chi connectivity index (χ2v) is 5.34. The van der Waals surface area contributed by atoms with Crippen LogP contribution in [0, 0.1) is 5.92 Å². The number of nitrogens with zero attached hydrogens (tertiary/aromatic N) is 1. The summed E-state index contributed by atoms with van der Waals surface area (Å²) in [6.07, 6.45) is 4.96. The van der Waals surface area contributed by atoms with Crippen LogP contribution >= 0.6 is 15.9 Å². The highest BCUT2D eigenvalue weighted by atomic mass is 79.9. The van der Waals surface area contributed by atoms with Crippen molar-refractivity contribution in [2.45, 2.75) is 25.3 Å². The summed E-state index contributed by atoms with van der Waals surface area (Å²) >= 11 is 3.38. The van der Waals surface area contributed by atoms with E-state index < -0.39 is 0 Å². The third-order valence-electron chi connectivity index (χ3n) is 3.20. The van der Waals surface area contributed by atoms with Crippen molar-refractivity contribution in [3.63, 3.8) is 0 Å². The Bertz CT molecular complexity index is 338. The van der Waals surface area contributed by atoms with Gasteiger partial charge in [-0.05, 0) is 46.8 Å². The lowest BCUT2D eigenvalue weighted by atomic mass is 9.91. The Morgan fingerprint density at radius 1 is 1.59 bits per heavy atom. The zero-order valence-corrected chi connectivity index (χ0v) is 11.3. The highest BCUT2D eigenvalue weighted by Gasteiger charge is 2.23. The number of nitrogens with one attached hydrogen (secondary N) is 1. The molecule has 2 unspecified atom stereocenters. The molecule has 2 heterocycles. The van der Waals surface area contributed by atoms with Gasteiger partial charge < -0.3 is 4.74 Å². The molecule has 1 aromatic heterocycles. The average molecular weight is 300 g/mol. The summed E-state index contributed by atoms with van der Waals surface area (Å²) < 4.78 is 6.50. The lowest BCUT2D eigenvalue weighted by Gasteiger charge is -2.29. The molecule has 0 aromatic carbocycles. The van der Waals surface area contributed by atoms with Crippen molar-refractivity contribution >= 4 is 15.9 Å². The van der Waals surface area contributed by atoms with Crippen molar-refractivity contribution in [3.8, 4) is 0 Å². The Morgan fingerprint density at radius 2 is 2.47 bits per heavy atom. The van der Waals surface area contributed by atoms with Crippen LogP contribution in [0.5, 0.6) is 0 Å². The summed E-state index contributed by atoms with van der Waals surface area (Å²) in [5, 5.41) is 0. The summed E-state index contributed by atoms with van der Waals surface area (Å²) in [6.45, 7) is 1.68. The molecule has 4 nitrogen and oxygen atoms in total. The van der Waals surface area contributed by atoms with Gasteiger partial charge in [-0.3, -0.25) is 16.3 Å². The molecule has 3 N–H and O–H groups in total. The van der Waals surface area contributed by atoms with Crippen LogP contribution in [0.1, 0.15) is 18.5 Å². The number of ether oxygens (including phenoxy) is 1. The monoisotopic (exact) mass is 299 g/mol. The number of halogens is 1. The maximum Gasteiger partial charge on any atom is 0.0509 e. The summed E-state index contributed by atoms with van der Waals surface area (Å²) in [5.74, 6) is 6.12. The maximum absolute atomic E-state index is 5.64. The Hall–Kier alpha value is -0.490. The fourth-order valence-electron chi connectivity index (χ4n) is 2.20. The molecular weight excluding hydrogens is 282 g/mol. The number of aromatic nitrogens is 1. The molecule has 2 atom stereocenters. The van der Waals surface area contributed by atoms with E-state index in [4.69, 9.17) is 10.6 Å². The molecule has 0 saturated carbocycles. The largest absolute Gasteiger partial charge is 0.381 e. The predicted octanol–water partition coefficient (Wildman–Crippen LogP) is 1.65. The molecule has 1 aliphatic rings. The first-order valence-electron chi connectivity index (χ1n) is 5.94. The molecular formula is C12H18BrN3O. The summed E-state index contributed by atoms with van der Waals surface area (Å²) in [7, 11) is 0. The molecule has 1 aliphatic heterocycles. The number of rotatable bonds is 4. The van der Waals surface area contributed by atoms with E-state index >= 15 is 0 Å². The highest BCUT2D eigenvalue weighted by molar-refractivity contribution is 9.10. The molecule has 1 fully saturated rings. The van der Waals surface area contributed by atoms with E-state index in [1.807, 2.05) is 18.3 Å². The van der Waals surface area contributed by atoms with Crippen LogP contribution in [0.3, 0.4) is 0 Å². The topological polar surface area (TPSA) is 60.2 Å². The molecule has 0 aliphatic carbocycles. The standard InChI is InChI=1S/C12H18BrN3O/c13-10-3-4-11(15-7-10)6-12(16-14)9-2-1-5-17-8-9/h3-4,7,9,12,16H,1-2,5-6,8,14H2. The number of pyridine rings is 1. The van der Waals surface area contributed by atoms with Gasteiger partial charge in [0.15, 0.2) is 0 Å². The van der Waals surface area contributed by atoms with Crippen molar-refractivity contribution in [2.75, 3.05) is 13.2 Å². The Morgan fingerprint density at radius 3 is 3.06 bits per heavy atom. The zero-order valence-electron chi connectivity index (χ0n) is 9.73. The number of hydrogen-bond acceptors (Lipinski definition) is 4. The second kappa shape index (κ2) is 6.44. The third kappa shape index (κ3) is 3.74. The molecule has 1 aromatic rings. The van der Waals surface area contributed by atoms with Crippen molar-refractivity contribution < 1.29 is 4.74 Å². The minimum absolute atomic E-state index is 0.240. The van der Waals surface area contributed by atoms with Gasteiger partial charge in [0, 0.05) is 35.4 Å². The average Bonchev–Trinajstić information content (AvgIpc) is 2.39. The zero-order chi connectivity index (χ0) is 12.1. The first kappa shape index (κ1) is 13.0. The lowest BCUT2D eigenvalue weighted by molar-refractivity contribution is 0.0392. The third-order valence-corrected chi connectivity index (χ3v) is 3.67. The van der Waals surface area contributed by atoms with E-state index in [0.717, 1.165) is 36.2 Å². The predicted molar refractivity (Wildman–Crippen MR) is 70.3 cm³/mol. The molecule has 0 amide bonds. The van der Waals surface area contributed by atoms with Gasteiger partial charge in [0.25, 0.3) is 0 Å². The molecule has 17 heavy (non-hydrogen) atoms. The molecule has 0 spiro atoms. The van der Waals surface area contributed by atoms with Crippen LogP contribution in [-0.4, -0.2) is 24.2 Å². The van der Waals surface area contributed by atoms with Gasteiger partial charge in [-0.2, -0.15) is 0 Å². The fraction of sp³-hybridized carbons (Fsp3) is 0.583. The van der Waals surface area contributed by atoms with Gasteiger partial charge in [0.1, 0.15) is 0 Å². The lowest BCUT2D eigenvalue weighted by Crippen LogP contribution is -2.45. The smallest absolute Gasteiger partial charge is 0.0509 e. The minimum Gasteiger partial charge on any atom is -0.381 e. The summed E-state index contributed by atoms with van der Waals surface area (Å²) in [4.78, 5) is 4.38. The molecule has 2 rings (SSSR count). The Balaban J connectivity index is 1.96. The van der Waals surface area contributed by atoms with Crippen LogP contribution in [-0.2, 0) is 11.2 Å². The van der Waals surface area contributed by atoms with E-state index in [0.29, 0.717) is 5.92 Å². The van der Waals surface area contributed by atoms with Gasteiger partial charge in [-0.25, -0.2) is 0 Å². The number of hydrazine groups is 1. The van der Waals surface area contributed by atoms with Crippen molar-refractivity contribution in [2.24, 2.45) is 11.8 Å². The molecule has 1 saturated heterocycles. The van der Waals surface area contributed by atoms with Crippen LogP contribution < -0.4 is 11.3 Å². The molecule has 94 valence electrons. The van der Waals surface area contributed by atoms with Crippen LogP contribution in [0.15, 0.2) is 22.8 Å². The van der Waals surface area contributed by atoms with Crippen molar-refractivity contribution in [1.82, 2.24) is 10.4 Å². The van der Waals surface area contributed by atoms with Crippen molar-refractivity contribution in [3.05, 3.63) is 28.5 Å². The van der Waals surface area contributed by atoms with E-state index in [1.165, 1.54) is 6.42 Å². The van der Waals surface area contributed by atoms with Crippen molar-refractivity contribution in [1.29, 1.82) is 0 Å². The molecule has 0 radical (unpaired) electrons. The van der Waals surface area contributed by atoms with Gasteiger partial charge in [-0.1, -0.05) is 0 Å². The summed E-state index contributed by atoms with van der Waals surface area (Å²) in [5.41, 5.74) is 3.96. The second-order valence-electron chi connectivity index (χ2n) is 4.42. The maximum atomic E-state index is 5.64. The fourth-order valence-corrected chi connectivity index (χ4v) is 2.43. The Kier molecular flexibility index (Phi) is 4.91. The normalized spacial score (nSPS) is 22.4. The Labute approximate surface area is 110 Å². The number of hydrogen-bond donors (Lipinski definition) is 2. The van der Waals surface area contributed by atoms with E-state index in [2.05, 4.69) is 26.3 Å². The number of nitrogens with two attached hydrogens (primary N) is 1. The van der Waals surface area contributed by atoms with Gasteiger partial charge in [-0.15, -0.1) is 0 Å². The van der Waals surface area contributed by atoms with Crippen LogP contribution in [0.4, 0.5) is 0 Å². The van der Waals surface area contributed by atoms with Crippen LogP contribution in [0.2, 0.25) is 0 Å². The minimum atomic E-state index is 0.240. The quantitative estimate of drug-likeness (QED) is 0.655. The first-order chi connectivity index (χ1) is 8.29. The molecule has 0 bridgehead atoms. The first-order valence-corrected chi connectivity index (χ1v) is 6.73. The van der Waals surface area contributed by atoms with E-state index in [-0.39, 0.29) is 6.04 Å².